The van der Waals surface area contributed by atoms with Crippen LogP contribution >= 0.6 is 0 Å². The molecule has 0 aliphatic heterocycles. The zero-order valence-corrected chi connectivity index (χ0v) is 21.8. The van der Waals surface area contributed by atoms with Crippen molar-refractivity contribution in [3.8, 4) is 11.5 Å². The number of ether oxygens (including phenoxy) is 2. The fourth-order valence-electron chi connectivity index (χ4n) is 3.83. The maximum absolute atomic E-state index is 13.1. The summed E-state index contributed by atoms with van der Waals surface area (Å²) in [5, 5.41) is 3.73. The second-order valence-corrected chi connectivity index (χ2v) is 10.0. The maximum atomic E-state index is 13.1. The van der Waals surface area contributed by atoms with Crippen molar-refractivity contribution in [1.29, 1.82) is 0 Å². The topological polar surface area (TPSA) is 128 Å². The minimum absolute atomic E-state index is 0.0655. The SMILES string of the molecule is CC(=O)Oc1cc(/C=C/C(=O)Nc2cccc3c(S(=O)(=O)Nc4ccccc4)cccc23)cc(OC(C)=O)c1. The molecule has 0 saturated heterocycles. The number of hydrogen-bond acceptors (Lipinski definition) is 7. The smallest absolute Gasteiger partial charge is 0.308 e. The molecule has 0 atom stereocenters. The summed E-state index contributed by atoms with van der Waals surface area (Å²) < 4.78 is 39.0. The van der Waals surface area contributed by atoms with Crippen molar-refractivity contribution in [3.63, 3.8) is 0 Å². The molecule has 0 aromatic heterocycles. The molecule has 0 saturated carbocycles. The van der Waals surface area contributed by atoms with Gasteiger partial charge in [-0.2, -0.15) is 0 Å². The number of rotatable bonds is 8. The highest BCUT2D eigenvalue weighted by molar-refractivity contribution is 7.93. The normalized spacial score (nSPS) is 11.2. The summed E-state index contributed by atoms with van der Waals surface area (Å²) in [5.41, 5.74) is 1.28. The molecule has 0 heterocycles. The van der Waals surface area contributed by atoms with Crippen LogP contribution in [0.3, 0.4) is 0 Å². The molecular weight excluding hydrogens is 520 g/mol. The predicted molar refractivity (Wildman–Crippen MR) is 148 cm³/mol. The van der Waals surface area contributed by atoms with Gasteiger partial charge in [0.15, 0.2) is 0 Å². The number of para-hydroxylation sites is 1. The molecule has 0 fully saturated rings. The van der Waals surface area contributed by atoms with Crippen LogP contribution in [0.1, 0.15) is 19.4 Å². The number of hydrogen-bond donors (Lipinski definition) is 2. The number of anilines is 2. The van der Waals surface area contributed by atoms with Crippen molar-refractivity contribution in [2.45, 2.75) is 18.7 Å². The van der Waals surface area contributed by atoms with Gasteiger partial charge in [-0.3, -0.25) is 19.1 Å². The van der Waals surface area contributed by atoms with E-state index in [0.29, 0.717) is 27.7 Å². The van der Waals surface area contributed by atoms with Crippen molar-refractivity contribution >= 4 is 56.1 Å². The monoisotopic (exact) mass is 544 g/mol. The number of sulfonamides is 1. The van der Waals surface area contributed by atoms with E-state index in [4.69, 9.17) is 9.47 Å². The summed E-state index contributed by atoms with van der Waals surface area (Å²) in [4.78, 5) is 35.6. The van der Waals surface area contributed by atoms with Gasteiger partial charge in [0.1, 0.15) is 11.5 Å². The van der Waals surface area contributed by atoms with Gasteiger partial charge in [-0.1, -0.05) is 42.5 Å². The van der Waals surface area contributed by atoms with Crippen LogP contribution in [0.15, 0.2) is 95.9 Å². The Bertz CT molecular complexity index is 1660. The van der Waals surface area contributed by atoms with Gasteiger partial charge in [0.2, 0.25) is 5.91 Å². The van der Waals surface area contributed by atoms with Crippen LogP contribution in [-0.2, 0) is 24.4 Å². The summed E-state index contributed by atoms with van der Waals surface area (Å²) in [7, 11) is -3.91. The van der Waals surface area contributed by atoms with Gasteiger partial charge in [-0.25, -0.2) is 8.42 Å². The number of benzene rings is 4. The van der Waals surface area contributed by atoms with E-state index in [0.717, 1.165) is 0 Å². The number of esters is 2. The van der Waals surface area contributed by atoms with Gasteiger partial charge >= 0.3 is 11.9 Å². The second-order valence-electron chi connectivity index (χ2n) is 8.38. The van der Waals surface area contributed by atoms with E-state index in [2.05, 4.69) is 10.0 Å². The van der Waals surface area contributed by atoms with Gasteiger partial charge in [-0.05, 0) is 48.0 Å². The summed E-state index contributed by atoms with van der Waals surface area (Å²) in [6.45, 7) is 2.47. The van der Waals surface area contributed by atoms with Gasteiger partial charge in [0, 0.05) is 48.1 Å². The predicted octanol–water partition coefficient (Wildman–Crippen LogP) is 5.14. The van der Waals surface area contributed by atoms with Crippen LogP contribution in [0.4, 0.5) is 11.4 Å². The maximum Gasteiger partial charge on any atom is 0.308 e. The van der Waals surface area contributed by atoms with Crippen LogP contribution < -0.4 is 19.5 Å². The van der Waals surface area contributed by atoms with E-state index in [1.807, 2.05) is 0 Å². The van der Waals surface area contributed by atoms with Crippen LogP contribution in [-0.4, -0.2) is 26.3 Å². The number of carbonyl (C=O) groups is 3. The molecule has 9 nitrogen and oxygen atoms in total. The molecule has 10 heteroatoms. The Balaban J connectivity index is 1.59. The standard InChI is InChI=1S/C29H24N2O7S/c1-19(32)37-23-16-21(17-24(18-23)38-20(2)33)14-15-29(34)30-27-12-6-11-26-25(27)10-7-13-28(26)39(35,36)31-22-8-4-3-5-9-22/h3-18,31H,1-2H3,(H,30,34)/b15-14+. The largest absolute Gasteiger partial charge is 0.427 e. The third-order valence-electron chi connectivity index (χ3n) is 5.31. The molecular formula is C29H24N2O7S. The van der Waals surface area contributed by atoms with E-state index in [1.165, 1.54) is 50.3 Å². The van der Waals surface area contributed by atoms with Crippen molar-refractivity contribution in [2.24, 2.45) is 0 Å². The molecule has 2 N–H and O–H groups in total. The van der Waals surface area contributed by atoms with E-state index >= 15 is 0 Å². The zero-order valence-electron chi connectivity index (χ0n) is 21.0. The Morgan fingerprint density at radius 1 is 0.744 bits per heavy atom. The van der Waals surface area contributed by atoms with E-state index in [-0.39, 0.29) is 16.4 Å². The molecule has 4 aromatic carbocycles. The average Bonchev–Trinajstić information content (AvgIpc) is 2.87. The first kappa shape index (κ1) is 27.1. The van der Waals surface area contributed by atoms with Crippen molar-refractivity contribution in [3.05, 3.63) is 96.6 Å². The van der Waals surface area contributed by atoms with Gasteiger partial charge in [-0.15, -0.1) is 0 Å². The van der Waals surface area contributed by atoms with Crippen molar-refractivity contribution < 1.29 is 32.3 Å². The molecule has 0 bridgehead atoms. The summed E-state index contributed by atoms with van der Waals surface area (Å²) in [6.07, 6.45) is 2.71. The van der Waals surface area contributed by atoms with Crippen LogP contribution in [0.2, 0.25) is 0 Å². The molecule has 198 valence electrons. The van der Waals surface area contributed by atoms with Crippen molar-refractivity contribution in [1.82, 2.24) is 0 Å². The lowest BCUT2D eigenvalue weighted by molar-refractivity contribution is -0.132. The highest BCUT2D eigenvalue weighted by Gasteiger charge is 2.18. The fourth-order valence-corrected chi connectivity index (χ4v) is 5.11. The van der Waals surface area contributed by atoms with Gasteiger partial charge in [0.25, 0.3) is 10.0 Å². The highest BCUT2D eigenvalue weighted by Crippen LogP contribution is 2.30. The lowest BCUT2D eigenvalue weighted by atomic mass is 10.1. The van der Waals surface area contributed by atoms with Crippen molar-refractivity contribution in [2.75, 3.05) is 10.0 Å². The average molecular weight is 545 g/mol. The Kier molecular flexibility index (Phi) is 8.07. The summed E-state index contributed by atoms with van der Waals surface area (Å²) in [5.74, 6) is -1.32. The number of amides is 1. The minimum atomic E-state index is -3.91. The van der Waals surface area contributed by atoms with Gasteiger partial charge in [0.05, 0.1) is 4.90 Å². The molecule has 0 spiro atoms. The molecule has 4 aromatic rings. The molecule has 0 unspecified atom stereocenters. The van der Waals surface area contributed by atoms with E-state index in [9.17, 15) is 22.8 Å². The van der Waals surface area contributed by atoms with E-state index < -0.39 is 27.9 Å². The quantitative estimate of drug-likeness (QED) is 0.179. The Morgan fingerprint density at radius 2 is 1.36 bits per heavy atom. The molecule has 1 amide bonds. The summed E-state index contributed by atoms with van der Waals surface area (Å²) >= 11 is 0. The lowest BCUT2D eigenvalue weighted by Gasteiger charge is -2.13. The Labute approximate surface area is 225 Å². The zero-order chi connectivity index (χ0) is 28.0. The van der Waals surface area contributed by atoms with Crippen LogP contribution in [0.25, 0.3) is 16.8 Å². The fraction of sp³-hybridized carbons (Fsp3) is 0.0690. The number of fused-ring (bicyclic) bond motifs is 1. The minimum Gasteiger partial charge on any atom is -0.427 e. The molecule has 0 radical (unpaired) electrons. The first-order valence-corrected chi connectivity index (χ1v) is 13.2. The third kappa shape index (κ3) is 7.08. The highest BCUT2D eigenvalue weighted by atomic mass is 32.2. The van der Waals surface area contributed by atoms with Crippen LogP contribution in [0, 0.1) is 0 Å². The van der Waals surface area contributed by atoms with Gasteiger partial charge < -0.3 is 14.8 Å². The number of carbonyl (C=O) groups excluding carboxylic acids is 3. The molecule has 0 aliphatic rings. The summed E-state index contributed by atoms with van der Waals surface area (Å²) in [6, 6.07) is 22.7. The van der Waals surface area contributed by atoms with E-state index in [1.54, 1.807) is 60.7 Å². The van der Waals surface area contributed by atoms with Crippen LogP contribution in [0.5, 0.6) is 11.5 Å². The number of nitrogens with one attached hydrogen (secondary N) is 2. The first-order chi connectivity index (χ1) is 18.6. The second kappa shape index (κ2) is 11.6. The Morgan fingerprint density at radius 3 is 2.00 bits per heavy atom. The Hall–Kier alpha value is -4.96. The lowest BCUT2D eigenvalue weighted by Crippen LogP contribution is -2.13. The molecule has 0 aliphatic carbocycles. The molecule has 4 rings (SSSR count). The first-order valence-electron chi connectivity index (χ1n) is 11.7. The molecule has 39 heavy (non-hydrogen) atoms. The third-order valence-corrected chi connectivity index (χ3v) is 6.75.